The van der Waals surface area contributed by atoms with Crippen LogP contribution in [0.5, 0.6) is 0 Å². The van der Waals surface area contributed by atoms with Gasteiger partial charge < -0.3 is 5.32 Å². The van der Waals surface area contributed by atoms with Crippen molar-refractivity contribution in [2.45, 2.75) is 19.8 Å². The highest BCUT2D eigenvalue weighted by molar-refractivity contribution is 7.92. The van der Waals surface area contributed by atoms with Crippen molar-refractivity contribution in [3.8, 4) is 0 Å². The van der Waals surface area contributed by atoms with E-state index in [1.54, 1.807) is 49.4 Å². The molecule has 0 saturated carbocycles. The number of ketones is 1. The third-order valence-electron chi connectivity index (χ3n) is 3.49. The molecule has 0 bridgehead atoms. The zero-order valence-electron chi connectivity index (χ0n) is 14.1. The van der Waals surface area contributed by atoms with E-state index in [2.05, 4.69) is 10.0 Å². The molecule has 2 aromatic rings. The fraction of sp³-hybridized carbons (Fsp3) is 0.222. The number of carbonyl (C=O) groups excluding carboxylic acids is 2. The Hall–Kier alpha value is -2.67. The number of carbonyl (C=O) groups is 2. The summed E-state index contributed by atoms with van der Waals surface area (Å²) in [5.74, 6) is -0.405. The summed E-state index contributed by atoms with van der Waals surface area (Å²) in [4.78, 5) is 24.0. The number of Topliss-reactive ketones (excluding diaryl/α,β-unsaturated/α-hetero) is 1. The Morgan fingerprint density at radius 2 is 1.68 bits per heavy atom. The Kier molecular flexibility index (Phi) is 5.93. The van der Waals surface area contributed by atoms with Gasteiger partial charge in [0.25, 0.3) is 0 Å². The second-order valence-electron chi connectivity index (χ2n) is 5.74. The molecule has 2 aromatic carbocycles. The lowest BCUT2D eigenvalue weighted by molar-refractivity contribution is -0.116. The zero-order chi connectivity index (χ0) is 18.4. The minimum absolute atomic E-state index is 0.0520. The average molecular weight is 360 g/mol. The van der Waals surface area contributed by atoms with Crippen molar-refractivity contribution >= 4 is 33.1 Å². The lowest BCUT2D eigenvalue weighted by atomic mass is 10.1. The highest BCUT2D eigenvalue weighted by atomic mass is 32.2. The fourth-order valence-corrected chi connectivity index (χ4v) is 2.85. The van der Waals surface area contributed by atoms with Gasteiger partial charge in [-0.2, -0.15) is 0 Å². The molecule has 0 saturated heterocycles. The van der Waals surface area contributed by atoms with Gasteiger partial charge in [-0.25, -0.2) is 8.42 Å². The number of rotatable bonds is 7. The molecule has 0 aliphatic rings. The molecule has 0 radical (unpaired) electrons. The molecule has 132 valence electrons. The second kappa shape index (κ2) is 7.94. The lowest BCUT2D eigenvalue weighted by Gasteiger charge is -2.11. The standard InChI is InChI=1S/C18H20N2O4S/c1-13-8-9-15(12-16(13)20-25(2,23)24)19-18(22)11-10-17(21)14-6-4-3-5-7-14/h3-9,12,20H,10-11H2,1-2H3,(H,19,22). The number of sulfonamides is 1. The normalized spacial score (nSPS) is 11.0. The first-order valence-electron chi connectivity index (χ1n) is 7.71. The molecule has 1 amide bonds. The maximum absolute atomic E-state index is 12.0. The van der Waals surface area contributed by atoms with Gasteiger partial charge in [0.05, 0.1) is 11.9 Å². The van der Waals surface area contributed by atoms with E-state index in [-0.39, 0.29) is 24.5 Å². The van der Waals surface area contributed by atoms with Gasteiger partial charge in [0.15, 0.2) is 5.78 Å². The number of hydrogen-bond donors (Lipinski definition) is 2. The number of benzene rings is 2. The molecular formula is C18H20N2O4S. The maximum atomic E-state index is 12.0. The van der Waals surface area contributed by atoms with Gasteiger partial charge in [-0.3, -0.25) is 14.3 Å². The Morgan fingerprint density at radius 1 is 1.00 bits per heavy atom. The summed E-state index contributed by atoms with van der Waals surface area (Å²) in [6, 6.07) is 13.7. The first-order valence-corrected chi connectivity index (χ1v) is 9.60. The summed E-state index contributed by atoms with van der Waals surface area (Å²) in [6.07, 6.45) is 1.22. The smallest absolute Gasteiger partial charge is 0.229 e. The Labute approximate surface area is 147 Å². The Morgan fingerprint density at radius 3 is 2.32 bits per heavy atom. The van der Waals surface area contributed by atoms with Crippen molar-refractivity contribution < 1.29 is 18.0 Å². The molecule has 0 heterocycles. The highest BCUT2D eigenvalue weighted by Crippen LogP contribution is 2.21. The van der Waals surface area contributed by atoms with Gasteiger partial charge in [0.2, 0.25) is 15.9 Å². The summed E-state index contributed by atoms with van der Waals surface area (Å²) in [5.41, 5.74) is 2.18. The van der Waals surface area contributed by atoms with Crippen LogP contribution in [0.4, 0.5) is 11.4 Å². The summed E-state index contributed by atoms with van der Waals surface area (Å²) < 4.78 is 25.1. The van der Waals surface area contributed by atoms with Crippen molar-refractivity contribution in [1.29, 1.82) is 0 Å². The molecule has 6 nitrogen and oxygen atoms in total. The predicted molar refractivity (Wildman–Crippen MR) is 98.3 cm³/mol. The summed E-state index contributed by atoms with van der Waals surface area (Å²) in [7, 11) is -3.40. The van der Waals surface area contributed by atoms with E-state index >= 15 is 0 Å². The molecule has 0 aromatic heterocycles. The molecule has 0 fully saturated rings. The van der Waals surface area contributed by atoms with E-state index in [1.807, 2.05) is 6.07 Å². The minimum Gasteiger partial charge on any atom is -0.326 e. The van der Waals surface area contributed by atoms with E-state index in [4.69, 9.17) is 0 Å². The molecular weight excluding hydrogens is 340 g/mol. The van der Waals surface area contributed by atoms with Crippen LogP contribution >= 0.6 is 0 Å². The molecule has 25 heavy (non-hydrogen) atoms. The van der Waals surface area contributed by atoms with Crippen molar-refractivity contribution in [2.75, 3.05) is 16.3 Å². The third-order valence-corrected chi connectivity index (χ3v) is 4.08. The lowest BCUT2D eigenvalue weighted by Crippen LogP contribution is -2.15. The zero-order valence-corrected chi connectivity index (χ0v) is 14.9. The molecule has 0 atom stereocenters. The Bertz CT molecular complexity index is 877. The SMILES string of the molecule is Cc1ccc(NC(=O)CCC(=O)c2ccccc2)cc1NS(C)(=O)=O. The van der Waals surface area contributed by atoms with Crippen LogP contribution in [0.25, 0.3) is 0 Å². The van der Waals surface area contributed by atoms with E-state index in [9.17, 15) is 18.0 Å². The predicted octanol–water partition coefficient (Wildman–Crippen LogP) is 2.97. The van der Waals surface area contributed by atoms with Crippen LogP contribution in [0, 0.1) is 6.92 Å². The largest absolute Gasteiger partial charge is 0.326 e. The summed E-state index contributed by atoms with van der Waals surface area (Å²) in [6.45, 7) is 1.76. The quantitative estimate of drug-likeness (QED) is 0.743. The number of anilines is 2. The van der Waals surface area contributed by atoms with E-state index in [0.29, 0.717) is 16.9 Å². The van der Waals surface area contributed by atoms with Crippen LogP contribution in [0.3, 0.4) is 0 Å². The summed E-state index contributed by atoms with van der Waals surface area (Å²) >= 11 is 0. The highest BCUT2D eigenvalue weighted by Gasteiger charge is 2.11. The molecule has 2 rings (SSSR count). The van der Waals surface area contributed by atoms with E-state index in [1.165, 1.54) is 0 Å². The maximum Gasteiger partial charge on any atom is 0.229 e. The van der Waals surface area contributed by atoms with Crippen molar-refractivity contribution in [2.24, 2.45) is 0 Å². The van der Waals surface area contributed by atoms with Gasteiger partial charge in [-0.05, 0) is 24.6 Å². The van der Waals surface area contributed by atoms with Gasteiger partial charge in [-0.15, -0.1) is 0 Å². The van der Waals surface area contributed by atoms with Crippen LogP contribution in [-0.2, 0) is 14.8 Å². The van der Waals surface area contributed by atoms with E-state index < -0.39 is 10.0 Å². The van der Waals surface area contributed by atoms with Crippen LogP contribution in [-0.4, -0.2) is 26.4 Å². The minimum atomic E-state index is -3.40. The van der Waals surface area contributed by atoms with Gasteiger partial charge in [-0.1, -0.05) is 36.4 Å². The van der Waals surface area contributed by atoms with Crippen molar-refractivity contribution in [3.05, 3.63) is 59.7 Å². The van der Waals surface area contributed by atoms with Gasteiger partial charge >= 0.3 is 0 Å². The molecule has 0 spiro atoms. The van der Waals surface area contributed by atoms with Crippen LogP contribution in [0.2, 0.25) is 0 Å². The second-order valence-corrected chi connectivity index (χ2v) is 7.49. The molecule has 0 aliphatic heterocycles. The Balaban J connectivity index is 1.96. The average Bonchev–Trinajstić information content (AvgIpc) is 2.55. The fourth-order valence-electron chi connectivity index (χ4n) is 2.23. The van der Waals surface area contributed by atoms with Crippen molar-refractivity contribution in [1.82, 2.24) is 0 Å². The molecule has 7 heteroatoms. The van der Waals surface area contributed by atoms with Crippen LogP contribution in [0.15, 0.2) is 48.5 Å². The van der Waals surface area contributed by atoms with Crippen molar-refractivity contribution in [3.63, 3.8) is 0 Å². The third kappa shape index (κ3) is 6.04. The van der Waals surface area contributed by atoms with Crippen LogP contribution in [0.1, 0.15) is 28.8 Å². The molecule has 2 N–H and O–H groups in total. The van der Waals surface area contributed by atoms with Gasteiger partial charge in [0, 0.05) is 24.1 Å². The molecule has 0 unspecified atom stereocenters. The van der Waals surface area contributed by atoms with Gasteiger partial charge in [0.1, 0.15) is 0 Å². The monoisotopic (exact) mass is 360 g/mol. The summed E-state index contributed by atoms with van der Waals surface area (Å²) in [5, 5.41) is 2.68. The number of amides is 1. The number of nitrogens with one attached hydrogen (secondary N) is 2. The molecule has 0 aliphatic carbocycles. The van der Waals surface area contributed by atoms with E-state index in [0.717, 1.165) is 11.8 Å². The topological polar surface area (TPSA) is 92.3 Å². The number of hydrogen-bond acceptors (Lipinski definition) is 4. The first kappa shape index (κ1) is 18.7. The van der Waals surface area contributed by atoms with Crippen LogP contribution < -0.4 is 10.0 Å². The first-order chi connectivity index (χ1) is 11.7. The number of aryl methyl sites for hydroxylation is 1.